The molecule has 146 valence electrons. The van der Waals surface area contributed by atoms with Gasteiger partial charge in [-0.25, -0.2) is 4.68 Å². The molecule has 0 N–H and O–H groups in total. The molecule has 0 amide bonds. The van der Waals surface area contributed by atoms with Crippen LogP contribution in [0.4, 0.5) is 5.69 Å². The molecule has 0 aliphatic carbocycles. The number of morpholine rings is 1. The van der Waals surface area contributed by atoms with E-state index >= 15 is 0 Å². The Morgan fingerprint density at radius 1 is 1.11 bits per heavy atom. The molecule has 1 aromatic carbocycles. The van der Waals surface area contributed by atoms with Crippen molar-refractivity contribution in [2.24, 2.45) is 10.1 Å². The third kappa shape index (κ3) is 4.26. The average Bonchev–Trinajstić information content (AvgIpc) is 3.37. The van der Waals surface area contributed by atoms with Crippen LogP contribution < -0.4 is 9.70 Å². The second-order valence-corrected chi connectivity index (χ2v) is 7.69. The van der Waals surface area contributed by atoms with Gasteiger partial charge in [-0.2, -0.15) is 5.10 Å². The van der Waals surface area contributed by atoms with Crippen molar-refractivity contribution in [3.05, 3.63) is 58.4 Å². The summed E-state index contributed by atoms with van der Waals surface area (Å²) < 4.78 is 12.8. The first kappa shape index (κ1) is 18.7. The number of hydrogen-bond donors (Lipinski definition) is 0. The lowest BCUT2D eigenvalue weighted by atomic mass is 10.2. The average molecular weight is 397 g/mol. The van der Waals surface area contributed by atoms with Gasteiger partial charge in [0, 0.05) is 30.2 Å². The lowest BCUT2D eigenvalue weighted by molar-refractivity contribution is 0.122. The van der Waals surface area contributed by atoms with Crippen LogP contribution in [0.15, 0.2) is 62.6 Å². The van der Waals surface area contributed by atoms with Gasteiger partial charge in [-0.1, -0.05) is 12.1 Å². The Hall–Kier alpha value is -2.64. The lowest BCUT2D eigenvalue weighted by Gasteiger charge is -2.28. The zero-order chi connectivity index (χ0) is 19.3. The van der Waals surface area contributed by atoms with Gasteiger partial charge in [0.25, 0.3) is 0 Å². The summed E-state index contributed by atoms with van der Waals surface area (Å²) in [5, 5.41) is 6.73. The van der Waals surface area contributed by atoms with Gasteiger partial charge < -0.3 is 14.1 Å². The van der Waals surface area contributed by atoms with E-state index in [1.54, 1.807) is 17.6 Å². The molecular formula is C21H24N4O2S. The van der Waals surface area contributed by atoms with E-state index in [9.17, 15) is 0 Å². The molecule has 2 aromatic heterocycles. The smallest absolute Gasteiger partial charge is 0.206 e. The van der Waals surface area contributed by atoms with Crippen LogP contribution >= 0.6 is 11.3 Å². The van der Waals surface area contributed by atoms with Gasteiger partial charge in [-0.15, -0.1) is 11.3 Å². The molecule has 4 rings (SSSR count). The van der Waals surface area contributed by atoms with Crippen LogP contribution in [0.5, 0.6) is 0 Å². The van der Waals surface area contributed by atoms with E-state index in [4.69, 9.17) is 14.3 Å². The van der Waals surface area contributed by atoms with Crippen LogP contribution in [0.3, 0.4) is 0 Å². The van der Waals surface area contributed by atoms with Crippen LogP contribution in [0.1, 0.15) is 19.4 Å². The third-order valence-electron chi connectivity index (χ3n) is 4.42. The summed E-state index contributed by atoms with van der Waals surface area (Å²) in [6, 6.07) is 12.5. The van der Waals surface area contributed by atoms with Crippen LogP contribution in [-0.4, -0.2) is 43.2 Å². The van der Waals surface area contributed by atoms with E-state index in [1.165, 1.54) is 5.69 Å². The normalized spacial score (nSPS) is 15.8. The minimum Gasteiger partial charge on any atom is -0.463 e. The van der Waals surface area contributed by atoms with Crippen molar-refractivity contribution in [3.8, 4) is 11.5 Å². The highest BCUT2D eigenvalue weighted by Gasteiger charge is 2.11. The molecule has 3 aromatic rings. The van der Waals surface area contributed by atoms with E-state index in [2.05, 4.69) is 48.0 Å². The molecule has 1 saturated heterocycles. The summed E-state index contributed by atoms with van der Waals surface area (Å²) >= 11 is 1.56. The second-order valence-electron chi connectivity index (χ2n) is 6.85. The van der Waals surface area contributed by atoms with Crippen molar-refractivity contribution in [1.29, 1.82) is 0 Å². The number of anilines is 1. The monoisotopic (exact) mass is 396 g/mol. The van der Waals surface area contributed by atoms with Crippen molar-refractivity contribution in [2.75, 3.05) is 31.2 Å². The molecule has 0 saturated carbocycles. The summed E-state index contributed by atoms with van der Waals surface area (Å²) in [7, 11) is 0. The van der Waals surface area contributed by atoms with Gasteiger partial charge in [0.2, 0.25) is 4.80 Å². The van der Waals surface area contributed by atoms with Crippen molar-refractivity contribution < 1.29 is 9.15 Å². The van der Waals surface area contributed by atoms with Gasteiger partial charge in [0.15, 0.2) is 5.76 Å². The maximum atomic E-state index is 5.57. The molecule has 0 atom stereocenters. The summed E-state index contributed by atoms with van der Waals surface area (Å²) in [5.41, 5.74) is 3.16. The zero-order valence-electron chi connectivity index (χ0n) is 16.1. The minimum absolute atomic E-state index is 0.192. The Morgan fingerprint density at radius 3 is 2.57 bits per heavy atom. The SMILES string of the molecule is CC(C)N=c1scc(-c2ccco2)n1N=Cc1ccc(N2CCOCC2)cc1. The molecule has 1 fully saturated rings. The fraction of sp³-hybridized carbons (Fsp3) is 0.333. The summed E-state index contributed by atoms with van der Waals surface area (Å²) in [6.45, 7) is 7.57. The molecule has 0 unspecified atom stereocenters. The van der Waals surface area contributed by atoms with Crippen LogP contribution in [0.2, 0.25) is 0 Å². The number of nitrogens with zero attached hydrogens (tertiary/aromatic N) is 4. The first-order chi connectivity index (χ1) is 13.7. The molecule has 1 aliphatic rings. The predicted molar refractivity (Wildman–Crippen MR) is 113 cm³/mol. The quantitative estimate of drug-likeness (QED) is 0.616. The Bertz CT molecular complexity index is 978. The summed E-state index contributed by atoms with van der Waals surface area (Å²) in [6.07, 6.45) is 3.53. The number of furan rings is 1. The Kier molecular flexibility index (Phi) is 5.73. The standard InChI is InChI=1S/C21H24N4O2S/c1-16(2)23-21-25(19(15-28-21)20-4-3-11-27-20)22-14-17-5-7-18(8-6-17)24-9-12-26-13-10-24/h3-8,11,14-16H,9-10,12-13H2,1-2H3. The van der Waals surface area contributed by atoms with Gasteiger partial charge in [0.05, 0.1) is 25.7 Å². The molecule has 28 heavy (non-hydrogen) atoms. The van der Waals surface area contributed by atoms with Crippen LogP contribution in [0.25, 0.3) is 11.5 Å². The molecule has 1 aliphatic heterocycles. The van der Waals surface area contributed by atoms with Crippen molar-refractivity contribution in [3.63, 3.8) is 0 Å². The number of rotatable bonds is 5. The lowest BCUT2D eigenvalue weighted by Crippen LogP contribution is -2.36. The molecule has 0 radical (unpaired) electrons. The summed E-state index contributed by atoms with van der Waals surface area (Å²) in [4.78, 5) is 7.87. The second kappa shape index (κ2) is 8.58. The van der Waals surface area contributed by atoms with Crippen molar-refractivity contribution in [1.82, 2.24) is 4.68 Å². The Balaban J connectivity index is 1.61. The molecule has 6 nitrogen and oxygen atoms in total. The topological polar surface area (TPSA) is 55.3 Å². The highest BCUT2D eigenvalue weighted by atomic mass is 32.1. The van der Waals surface area contributed by atoms with Crippen LogP contribution in [-0.2, 0) is 4.74 Å². The molecule has 3 heterocycles. The summed E-state index contributed by atoms with van der Waals surface area (Å²) in [5.74, 6) is 0.779. The van der Waals surface area contributed by atoms with Crippen LogP contribution in [0, 0.1) is 0 Å². The molecule has 0 bridgehead atoms. The van der Waals surface area contributed by atoms with Gasteiger partial charge in [-0.05, 0) is 43.7 Å². The van der Waals surface area contributed by atoms with Gasteiger partial charge in [-0.3, -0.25) is 4.99 Å². The number of hydrogen-bond acceptors (Lipinski definition) is 6. The molecular weight excluding hydrogens is 372 g/mol. The fourth-order valence-electron chi connectivity index (χ4n) is 3.03. The number of aromatic nitrogens is 1. The number of thiazole rings is 1. The number of benzene rings is 1. The van der Waals surface area contributed by atoms with E-state index in [0.29, 0.717) is 0 Å². The first-order valence-corrected chi connectivity index (χ1v) is 10.3. The largest absolute Gasteiger partial charge is 0.463 e. The third-order valence-corrected chi connectivity index (χ3v) is 5.25. The first-order valence-electron chi connectivity index (χ1n) is 9.46. The van der Waals surface area contributed by atoms with Gasteiger partial charge in [0.1, 0.15) is 5.69 Å². The van der Waals surface area contributed by atoms with Gasteiger partial charge >= 0.3 is 0 Å². The highest BCUT2D eigenvalue weighted by Crippen LogP contribution is 2.21. The number of ether oxygens (including phenoxy) is 1. The van der Waals surface area contributed by atoms with E-state index in [1.807, 2.05) is 28.4 Å². The van der Waals surface area contributed by atoms with E-state index < -0.39 is 0 Å². The van der Waals surface area contributed by atoms with E-state index in [-0.39, 0.29) is 6.04 Å². The highest BCUT2D eigenvalue weighted by molar-refractivity contribution is 7.07. The maximum Gasteiger partial charge on any atom is 0.206 e. The molecule has 7 heteroatoms. The fourth-order valence-corrected chi connectivity index (χ4v) is 3.98. The Labute approximate surface area is 168 Å². The Morgan fingerprint density at radius 2 is 1.89 bits per heavy atom. The van der Waals surface area contributed by atoms with Crippen molar-refractivity contribution in [2.45, 2.75) is 19.9 Å². The van der Waals surface area contributed by atoms with E-state index in [0.717, 1.165) is 48.1 Å². The zero-order valence-corrected chi connectivity index (χ0v) is 16.9. The van der Waals surface area contributed by atoms with Crippen molar-refractivity contribution >= 4 is 23.2 Å². The predicted octanol–water partition coefficient (Wildman–Crippen LogP) is 3.84. The minimum atomic E-state index is 0.192. The molecule has 0 spiro atoms. The maximum absolute atomic E-state index is 5.57.